The summed E-state index contributed by atoms with van der Waals surface area (Å²) in [6.07, 6.45) is 2.44. The van der Waals surface area contributed by atoms with E-state index in [9.17, 15) is 13.2 Å². The first-order valence-electron chi connectivity index (χ1n) is 8.91. The van der Waals surface area contributed by atoms with Crippen LogP contribution in [0.15, 0.2) is 40.5 Å². The van der Waals surface area contributed by atoms with Gasteiger partial charge in [-0.15, -0.1) is 11.3 Å². The number of thioether (sulfide) groups is 1. The summed E-state index contributed by atoms with van der Waals surface area (Å²) in [4.78, 5) is 23.3. The van der Waals surface area contributed by atoms with Gasteiger partial charge in [0.25, 0.3) is 0 Å². The summed E-state index contributed by atoms with van der Waals surface area (Å²) in [5.74, 6) is -0.0719. The highest BCUT2D eigenvalue weighted by molar-refractivity contribution is 8.00. The Morgan fingerprint density at radius 2 is 2.00 bits per heavy atom. The van der Waals surface area contributed by atoms with Gasteiger partial charge in [0.05, 0.1) is 10.6 Å². The number of benzene rings is 1. The molecule has 7 nitrogen and oxygen atoms in total. The second-order valence-corrected chi connectivity index (χ2v) is 10.8. The van der Waals surface area contributed by atoms with Gasteiger partial charge in [-0.25, -0.2) is 22.7 Å². The first-order chi connectivity index (χ1) is 13.7. The number of aryl methyl sites for hydroxylation is 2. The van der Waals surface area contributed by atoms with E-state index in [0.29, 0.717) is 11.3 Å². The number of nitrogens with zero attached hydrogens (tertiary/aromatic N) is 3. The maximum atomic E-state index is 12.4. The van der Waals surface area contributed by atoms with Crippen LogP contribution in [-0.4, -0.2) is 48.4 Å². The van der Waals surface area contributed by atoms with Crippen LogP contribution in [0.4, 0.5) is 5.69 Å². The van der Waals surface area contributed by atoms with E-state index in [-0.39, 0.29) is 16.6 Å². The fraction of sp³-hybridized carbons (Fsp3) is 0.316. The van der Waals surface area contributed by atoms with Crippen molar-refractivity contribution in [3.8, 4) is 0 Å². The number of thiophene rings is 1. The summed E-state index contributed by atoms with van der Waals surface area (Å²) in [5, 5.41) is 4.50. The van der Waals surface area contributed by atoms with Gasteiger partial charge < -0.3 is 5.32 Å². The molecular formula is C19H22N4O3S3. The van der Waals surface area contributed by atoms with E-state index in [1.807, 2.05) is 0 Å². The predicted molar refractivity (Wildman–Crippen MR) is 118 cm³/mol. The van der Waals surface area contributed by atoms with Gasteiger partial charge in [-0.3, -0.25) is 4.79 Å². The Morgan fingerprint density at radius 1 is 1.24 bits per heavy atom. The maximum absolute atomic E-state index is 12.4. The lowest BCUT2D eigenvalue weighted by Gasteiger charge is -2.15. The van der Waals surface area contributed by atoms with Gasteiger partial charge in [0, 0.05) is 30.0 Å². The van der Waals surface area contributed by atoms with Gasteiger partial charge in [0.15, 0.2) is 0 Å². The molecule has 0 radical (unpaired) electrons. The summed E-state index contributed by atoms with van der Waals surface area (Å²) < 4.78 is 26.1. The quantitative estimate of drug-likeness (QED) is 0.437. The summed E-state index contributed by atoms with van der Waals surface area (Å²) in [7, 11) is -0.625. The molecule has 0 aliphatic rings. The molecule has 29 heavy (non-hydrogen) atoms. The smallest absolute Gasteiger partial charge is 0.242 e. The van der Waals surface area contributed by atoms with E-state index in [1.54, 1.807) is 30.4 Å². The molecule has 0 atom stereocenters. The average Bonchev–Trinajstić information content (AvgIpc) is 3.11. The van der Waals surface area contributed by atoms with Crippen LogP contribution in [0.3, 0.4) is 0 Å². The Labute approximate surface area is 178 Å². The summed E-state index contributed by atoms with van der Waals surface area (Å²) >= 11 is 2.97. The number of amides is 1. The molecule has 0 saturated heterocycles. The number of fused-ring (bicyclic) bond motifs is 1. The van der Waals surface area contributed by atoms with Crippen LogP contribution in [0.2, 0.25) is 0 Å². The Morgan fingerprint density at radius 3 is 2.69 bits per heavy atom. The van der Waals surface area contributed by atoms with E-state index in [0.717, 1.165) is 26.0 Å². The molecule has 0 fully saturated rings. The number of carbonyl (C=O) groups excluding carboxylic acids is 1. The molecule has 0 spiro atoms. The lowest BCUT2D eigenvalue weighted by atomic mass is 10.2. The Kier molecular flexibility index (Phi) is 6.57. The Balaban J connectivity index is 1.73. The third-order valence-corrected chi connectivity index (χ3v) is 8.41. The highest BCUT2D eigenvalue weighted by Gasteiger charge is 2.20. The number of rotatable bonds is 7. The first-order valence-corrected chi connectivity index (χ1v) is 12.2. The number of aromatic nitrogens is 2. The van der Waals surface area contributed by atoms with E-state index in [4.69, 9.17) is 0 Å². The van der Waals surface area contributed by atoms with Gasteiger partial charge in [-0.1, -0.05) is 24.8 Å². The van der Waals surface area contributed by atoms with Crippen molar-refractivity contribution in [2.45, 2.75) is 30.2 Å². The van der Waals surface area contributed by atoms with Crippen molar-refractivity contribution >= 4 is 54.9 Å². The second kappa shape index (κ2) is 8.78. The number of carbonyl (C=O) groups is 1. The van der Waals surface area contributed by atoms with Crippen LogP contribution >= 0.6 is 23.1 Å². The highest BCUT2D eigenvalue weighted by Crippen LogP contribution is 2.31. The van der Waals surface area contributed by atoms with Crippen LogP contribution in [0.5, 0.6) is 0 Å². The molecule has 2 heterocycles. The largest absolute Gasteiger partial charge is 0.325 e. The molecule has 10 heteroatoms. The molecule has 154 valence electrons. The van der Waals surface area contributed by atoms with Gasteiger partial charge in [-0.2, -0.15) is 0 Å². The van der Waals surface area contributed by atoms with Crippen LogP contribution in [-0.2, 0) is 21.2 Å². The van der Waals surface area contributed by atoms with E-state index >= 15 is 0 Å². The lowest BCUT2D eigenvalue weighted by molar-refractivity contribution is -0.113. The molecule has 0 saturated carbocycles. The zero-order valence-electron chi connectivity index (χ0n) is 16.6. The fourth-order valence-corrected chi connectivity index (χ4v) is 5.57. The fourth-order valence-electron chi connectivity index (χ4n) is 2.66. The summed E-state index contributed by atoms with van der Waals surface area (Å²) in [6, 6.07) is 6.94. The van der Waals surface area contributed by atoms with Crippen LogP contribution in [0.1, 0.15) is 17.4 Å². The molecule has 0 bridgehead atoms. The van der Waals surface area contributed by atoms with E-state index in [2.05, 4.69) is 28.3 Å². The predicted octanol–water partition coefficient (Wildman–Crippen LogP) is 3.54. The second-order valence-electron chi connectivity index (χ2n) is 6.57. The standard InChI is InChI=1S/C19H22N4O3S3/c1-5-14-9-15-18(20-11-21-19(15)28-14)27-10-17(24)22-13-7-6-12(2)16(8-13)29(25,26)23(3)4/h6-9,11H,5,10H2,1-4H3,(H,22,24). The average molecular weight is 451 g/mol. The van der Waals surface area contributed by atoms with Crippen molar-refractivity contribution in [1.29, 1.82) is 0 Å². The van der Waals surface area contributed by atoms with Crippen molar-refractivity contribution in [2.75, 3.05) is 25.2 Å². The van der Waals surface area contributed by atoms with Crippen molar-refractivity contribution in [1.82, 2.24) is 14.3 Å². The summed E-state index contributed by atoms with van der Waals surface area (Å²) in [5.41, 5.74) is 1.07. The third-order valence-electron chi connectivity index (χ3n) is 4.26. The van der Waals surface area contributed by atoms with Crippen LogP contribution in [0.25, 0.3) is 10.2 Å². The molecular weight excluding hydrogens is 428 g/mol. The molecule has 3 rings (SSSR count). The molecule has 0 aliphatic heterocycles. The number of hydrogen-bond donors (Lipinski definition) is 1. The minimum absolute atomic E-state index is 0.160. The highest BCUT2D eigenvalue weighted by atomic mass is 32.2. The zero-order chi connectivity index (χ0) is 21.2. The SMILES string of the molecule is CCc1cc2c(SCC(=O)Nc3ccc(C)c(S(=O)(=O)N(C)C)c3)ncnc2s1. The molecule has 0 unspecified atom stereocenters. The number of anilines is 1. The van der Waals surface area contributed by atoms with Gasteiger partial charge in [0.1, 0.15) is 16.2 Å². The minimum atomic E-state index is -3.58. The van der Waals surface area contributed by atoms with Crippen molar-refractivity contribution < 1.29 is 13.2 Å². The number of hydrogen-bond acceptors (Lipinski definition) is 7. The maximum Gasteiger partial charge on any atom is 0.242 e. The number of sulfonamides is 1. The first kappa shape index (κ1) is 21.7. The molecule has 1 N–H and O–H groups in total. The van der Waals surface area contributed by atoms with Crippen molar-refractivity contribution in [3.63, 3.8) is 0 Å². The Bertz CT molecular complexity index is 1160. The molecule has 1 amide bonds. The topological polar surface area (TPSA) is 92.3 Å². The monoisotopic (exact) mass is 450 g/mol. The minimum Gasteiger partial charge on any atom is -0.325 e. The van der Waals surface area contributed by atoms with Gasteiger partial charge in [0.2, 0.25) is 15.9 Å². The summed E-state index contributed by atoms with van der Waals surface area (Å²) in [6.45, 7) is 3.81. The van der Waals surface area contributed by atoms with E-state index in [1.165, 1.54) is 43.1 Å². The van der Waals surface area contributed by atoms with Crippen molar-refractivity contribution in [2.24, 2.45) is 0 Å². The van der Waals surface area contributed by atoms with Crippen LogP contribution in [0, 0.1) is 6.92 Å². The zero-order valence-corrected chi connectivity index (χ0v) is 19.0. The normalized spacial score (nSPS) is 11.9. The van der Waals surface area contributed by atoms with Gasteiger partial charge >= 0.3 is 0 Å². The molecule has 1 aromatic carbocycles. The lowest BCUT2D eigenvalue weighted by Crippen LogP contribution is -2.23. The molecule has 2 aromatic heterocycles. The van der Waals surface area contributed by atoms with E-state index < -0.39 is 10.0 Å². The number of nitrogens with one attached hydrogen (secondary N) is 1. The molecule has 3 aromatic rings. The van der Waals surface area contributed by atoms with Crippen molar-refractivity contribution in [3.05, 3.63) is 41.0 Å². The molecule has 0 aliphatic carbocycles. The Hall–Kier alpha value is -2.01. The third kappa shape index (κ3) is 4.77. The van der Waals surface area contributed by atoms with Gasteiger partial charge in [-0.05, 0) is 37.1 Å². The van der Waals surface area contributed by atoms with Crippen LogP contribution < -0.4 is 5.32 Å².